The van der Waals surface area contributed by atoms with Crippen LogP contribution in [-0.4, -0.2) is 30.2 Å². The summed E-state index contributed by atoms with van der Waals surface area (Å²) in [5.74, 6) is 0.384. The Kier molecular flexibility index (Phi) is 6.79. The van der Waals surface area contributed by atoms with Gasteiger partial charge in [-0.25, -0.2) is 0 Å². The Morgan fingerprint density at radius 2 is 1.75 bits per heavy atom. The number of rotatable bonds is 9. The predicted molar refractivity (Wildman–Crippen MR) is 80.6 cm³/mol. The van der Waals surface area contributed by atoms with E-state index in [2.05, 4.69) is 6.92 Å². The number of aliphatic hydroxyl groups is 1. The zero-order valence-electron chi connectivity index (χ0n) is 13.1. The van der Waals surface area contributed by atoms with E-state index in [1.54, 1.807) is 0 Å². The second-order valence-electron chi connectivity index (χ2n) is 6.64. The Bertz CT molecular complexity index is 261. The fourth-order valence-electron chi connectivity index (χ4n) is 3.64. The van der Waals surface area contributed by atoms with E-state index in [1.807, 2.05) is 0 Å². The minimum atomic E-state index is -0.292. The Hall–Kier alpha value is -0.120. The van der Waals surface area contributed by atoms with Gasteiger partial charge >= 0.3 is 0 Å². The highest BCUT2D eigenvalue weighted by atomic mass is 16.7. The molecule has 2 rings (SSSR count). The molecule has 0 aromatic heterocycles. The van der Waals surface area contributed by atoms with E-state index in [9.17, 15) is 5.11 Å². The van der Waals surface area contributed by atoms with E-state index < -0.39 is 0 Å². The summed E-state index contributed by atoms with van der Waals surface area (Å²) in [6, 6.07) is 0. The second kappa shape index (κ2) is 8.35. The molecule has 2 fully saturated rings. The molecule has 0 aromatic rings. The summed E-state index contributed by atoms with van der Waals surface area (Å²) in [6.45, 7) is 3.76. The maximum atomic E-state index is 9.62. The van der Waals surface area contributed by atoms with Crippen molar-refractivity contribution in [3.05, 3.63) is 0 Å². The van der Waals surface area contributed by atoms with Crippen molar-refractivity contribution in [3.63, 3.8) is 0 Å². The second-order valence-corrected chi connectivity index (χ2v) is 6.64. The summed E-state index contributed by atoms with van der Waals surface area (Å²) in [6.07, 6.45) is 12.8. The SMILES string of the molecule is CCCCCCCC1(CCC2CCC(O)C2)OCCO1. The first kappa shape index (κ1) is 16.3. The van der Waals surface area contributed by atoms with E-state index in [4.69, 9.17) is 9.47 Å². The third-order valence-corrected chi connectivity index (χ3v) is 4.92. The van der Waals surface area contributed by atoms with Crippen molar-refractivity contribution >= 4 is 0 Å². The molecular weight excluding hydrogens is 252 g/mol. The van der Waals surface area contributed by atoms with E-state index in [1.165, 1.54) is 38.5 Å². The molecule has 0 bridgehead atoms. The summed E-state index contributed by atoms with van der Waals surface area (Å²) in [5, 5.41) is 9.62. The first-order valence-electron chi connectivity index (χ1n) is 8.70. The third kappa shape index (κ3) is 5.01. The van der Waals surface area contributed by atoms with Gasteiger partial charge in [-0.1, -0.05) is 32.6 Å². The van der Waals surface area contributed by atoms with Crippen molar-refractivity contribution < 1.29 is 14.6 Å². The molecule has 0 amide bonds. The smallest absolute Gasteiger partial charge is 0.168 e. The van der Waals surface area contributed by atoms with Crippen LogP contribution in [0.1, 0.15) is 77.6 Å². The Morgan fingerprint density at radius 3 is 2.40 bits per heavy atom. The van der Waals surface area contributed by atoms with Crippen LogP contribution in [0, 0.1) is 5.92 Å². The average molecular weight is 284 g/mol. The first-order chi connectivity index (χ1) is 9.74. The fourth-order valence-corrected chi connectivity index (χ4v) is 3.64. The Balaban J connectivity index is 1.68. The van der Waals surface area contributed by atoms with Gasteiger partial charge < -0.3 is 14.6 Å². The topological polar surface area (TPSA) is 38.7 Å². The van der Waals surface area contributed by atoms with Gasteiger partial charge in [-0.3, -0.25) is 0 Å². The molecule has 0 radical (unpaired) electrons. The summed E-state index contributed by atoms with van der Waals surface area (Å²) in [4.78, 5) is 0. The maximum Gasteiger partial charge on any atom is 0.168 e. The minimum Gasteiger partial charge on any atom is -0.393 e. The molecule has 1 heterocycles. The highest BCUT2D eigenvalue weighted by molar-refractivity contribution is 4.80. The lowest BCUT2D eigenvalue weighted by Gasteiger charge is -2.28. The Morgan fingerprint density at radius 1 is 1.00 bits per heavy atom. The molecule has 2 atom stereocenters. The van der Waals surface area contributed by atoms with Crippen LogP contribution in [0.2, 0.25) is 0 Å². The van der Waals surface area contributed by atoms with Crippen LogP contribution in [0.3, 0.4) is 0 Å². The largest absolute Gasteiger partial charge is 0.393 e. The third-order valence-electron chi connectivity index (χ3n) is 4.92. The van der Waals surface area contributed by atoms with Crippen LogP contribution < -0.4 is 0 Å². The number of ether oxygens (including phenoxy) is 2. The van der Waals surface area contributed by atoms with Crippen molar-refractivity contribution in [1.29, 1.82) is 0 Å². The standard InChI is InChI=1S/C17H32O3/c1-2-3-4-5-6-10-17(19-12-13-20-17)11-9-15-7-8-16(18)14-15/h15-16,18H,2-14H2,1H3. The van der Waals surface area contributed by atoms with Gasteiger partial charge in [0.2, 0.25) is 0 Å². The summed E-state index contributed by atoms with van der Waals surface area (Å²) in [5.41, 5.74) is 0. The molecule has 3 heteroatoms. The summed E-state index contributed by atoms with van der Waals surface area (Å²) >= 11 is 0. The van der Waals surface area contributed by atoms with Crippen molar-refractivity contribution in [2.24, 2.45) is 5.92 Å². The molecule has 0 aromatic carbocycles. The van der Waals surface area contributed by atoms with Gasteiger partial charge in [0.15, 0.2) is 5.79 Å². The first-order valence-corrected chi connectivity index (χ1v) is 8.70. The van der Waals surface area contributed by atoms with Crippen LogP contribution in [0.15, 0.2) is 0 Å². The fraction of sp³-hybridized carbons (Fsp3) is 1.00. The number of aliphatic hydroxyl groups excluding tert-OH is 1. The monoisotopic (exact) mass is 284 g/mol. The zero-order valence-corrected chi connectivity index (χ0v) is 13.1. The van der Waals surface area contributed by atoms with E-state index >= 15 is 0 Å². The molecule has 1 saturated heterocycles. The quantitative estimate of drug-likeness (QED) is 0.650. The van der Waals surface area contributed by atoms with Crippen LogP contribution in [0.5, 0.6) is 0 Å². The van der Waals surface area contributed by atoms with Crippen molar-refractivity contribution in [1.82, 2.24) is 0 Å². The van der Waals surface area contributed by atoms with Gasteiger partial charge in [0, 0.05) is 12.8 Å². The molecular formula is C17H32O3. The molecule has 1 aliphatic carbocycles. The number of unbranched alkanes of at least 4 members (excludes halogenated alkanes) is 4. The number of hydrogen-bond acceptors (Lipinski definition) is 3. The van der Waals surface area contributed by atoms with Crippen LogP contribution in [0.4, 0.5) is 0 Å². The predicted octanol–water partition coefficient (Wildman–Crippen LogP) is 4.03. The Labute approximate surface area is 124 Å². The highest BCUT2D eigenvalue weighted by Gasteiger charge is 2.37. The molecule has 2 unspecified atom stereocenters. The molecule has 0 spiro atoms. The average Bonchev–Trinajstić information content (AvgIpc) is 3.06. The number of hydrogen-bond donors (Lipinski definition) is 1. The van der Waals surface area contributed by atoms with Gasteiger partial charge in [-0.2, -0.15) is 0 Å². The van der Waals surface area contributed by atoms with E-state index in [-0.39, 0.29) is 11.9 Å². The maximum absolute atomic E-state index is 9.62. The van der Waals surface area contributed by atoms with Crippen molar-refractivity contribution in [2.45, 2.75) is 89.4 Å². The van der Waals surface area contributed by atoms with Gasteiger partial charge in [0.25, 0.3) is 0 Å². The van der Waals surface area contributed by atoms with Crippen LogP contribution in [0.25, 0.3) is 0 Å². The molecule has 1 N–H and O–H groups in total. The molecule has 2 aliphatic rings. The zero-order chi connectivity index (χ0) is 14.3. The lowest BCUT2D eigenvalue weighted by molar-refractivity contribution is -0.170. The molecule has 118 valence electrons. The lowest BCUT2D eigenvalue weighted by atomic mass is 9.94. The molecule has 20 heavy (non-hydrogen) atoms. The minimum absolute atomic E-state index is 0.0598. The van der Waals surface area contributed by atoms with E-state index in [0.717, 1.165) is 45.3 Å². The molecule has 3 nitrogen and oxygen atoms in total. The van der Waals surface area contributed by atoms with Crippen LogP contribution >= 0.6 is 0 Å². The normalized spacial score (nSPS) is 29.1. The summed E-state index contributed by atoms with van der Waals surface area (Å²) < 4.78 is 11.9. The summed E-state index contributed by atoms with van der Waals surface area (Å²) in [7, 11) is 0. The highest BCUT2D eigenvalue weighted by Crippen LogP contribution is 2.36. The molecule has 1 saturated carbocycles. The van der Waals surface area contributed by atoms with Crippen LogP contribution in [-0.2, 0) is 9.47 Å². The lowest BCUT2D eigenvalue weighted by Crippen LogP contribution is -2.30. The molecule has 1 aliphatic heterocycles. The van der Waals surface area contributed by atoms with Gasteiger partial charge in [0.05, 0.1) is 19.3 Å². The van der Waals surface area contributed by atoms with Gasteiger partial charge in [-0.15, -0.1) is 0 Å². The van der Waals surface area contributed by atoms with Gasteiger partial charge in [-0.05, 0) is 38.0 Å². The van der Waals surface area contributed by atoms with E-state index in [0.29, 0.717) is 5.92 Å². The van der Waals surface area contributed by atoms with Gasteiger partial charge in [0.1, 0.15) is 0 Å². The van der Waals surface area contributed by atoms with Crippen molar-refractivity contribution in [3.8, 4) is 0 Å². The van der Waals surface area contributed by atoms with Crippen molar-refractivity contribution in [2.75, 3.05) is 13.2 Å².